The quantitative estimate of drug-likeness (QED) is 0.746. The molecule has 2 amide bonds. The van der Waals surface area contributed by atoms with Crippen LogP contribution in [0, 0.1) is 6.92 Å². The van der Waals surface area contributed by atoms with Gasteiger partial charge in [-0.15, -0.1) is 0 Å². The molecule has 0 radical (unpaired) electrons. The fourth-order valence-electron chi connectivity index (χ4n) is 2.64. The largest absolute Gasteiger partial charge is 0.338 e. The van der Waals surface area contributed by atoms with Gasteiger partial charge in [0.15, 0.2) is 0 Å². The third-order valence-corrected chi connectivity index (χ3v) is 3.90. The van der Waals surface area contributed by atoms with E-state index in [1.54, 1.807) is 24.8 Å². The van der Waals surface area contributed by atoms with E-state index in [1.807, 2.05) is 49.4 Å². The number of anilines is 1. The van der Waals surface area contributed by atoms with E-state index in [0.717, 1.165) is 34.4 Å². The number of carbonyl (C=O) groups is 1. The van der Waals surface area contributed by atoms with Crippen molar-refractivity contribution in [3.8, 4) is 11.1 Å². The molecule has 0 spiro atoms. The van der Waals surface area contributed by atoms with Gasteiger partial charge in [-0.05, 0) is 65.9 Å². The van der Waals surface area contributed by atoms with E-state index in [-0.39, 0.29) is 6.03 Å². The molecular formula is C20H20N4O. The Kier molecular flexibility index (Phi) is 5.36. The number of hydrogen-bond acceptors (Lipinski definition) is 3. The number of aryl methyl sites for hydroxylation is 1. The highest BCUT2D eigenvalue weighted by molar-refractivity contribution is 5.89. The summed E-state index contributed by atoms with van der Waals surface area (Å²) in [6.45, 7) is 2.59. The van der Waals surface area contributed by atoms with Gasteiger partial charge in [0, 0.05) is 37.0 Å². The topological polar surface area (TPSA) is 66.9 Å². The fraction of sp³-hybridized carbons (Fsp3) is 0.150. The Labute approximate surface area is 147 Å². The van der Waals surface area contributed by atoms with E-state index in [2.05, 4.69) is 20.6 Å². The van der Waals surface area contributed by atoms with Gasteiger partial charge in [-0.3, -0.25) is 9.97 Å². The van der Waals surface area contributed by atoms with Crippen LogP contribution in [0.25, 0.3) is 11.1 Å². The number of urea groups is 1. The van der Waals surface area contributed by atoms with Gasteiger partial charge >= 0.3 is 6.03 Å². The summed E-state index contributed by atoms with van der Waals surface area (Å²) in [5.74, 6) is 0. The van der Waals surface area contributed by atoms with Crippen LogP contribution in [0.2, 0.25) is 0 Å². The summed E-state index contributed by atoms with van der Waals surface area (Å²) >= 11 is 0. The SMILES string of the molecule is Cc1cc(NC(=O)NCCc2cccnc2)ccc1-c1ccncc1. The third-order valence-electron chi connectivity index (χ3n) is 3.90. The molecule has 0 bridgehead atoms. The number of amides is 2. The average Bonchev–Trinajstić information content (AvgIpc) is 2.63. The molecule has 0 fully saturated rings. The van der Waals surface area contributed by atoms with Crippen molar-refractivity contribution in [2.24, 2.45) is 0 Å². The smallest absolute Gasteiger partial charge is 0.319 e. The number of benzene rings is 1. The minimum absolute atomic E-state index is 0.208. The maximum Gasteiger partial charge on any atom is 0.319 e. The summed E-state index contributed by atoms with van der Waals surface area (Å²) in [4.78, 5) is 20.1. The molecule has 2 N–H and O–H groups in total. The monoisotopic (exact) mass is 332 g/mol. The number of hydrogen-bond donors (Lipinski definition) is 2. The number of rotatable bonds is 5. The van der Waals surface area contributed by atoms with Crippen molar-refractivity contribution in [2.75, 3.05) is 11.9 Å². The van der Waals surface area contributed by atoms with Crippen molar-refractivity contribution >= 4 is 11.7 Å². The summed E-state index contributed by atoms with van der Waals surface area (Å²) in [5, 5.41) is 5.73. The van der Waals surface area contributed by atoms with Crippen LogP contribution in [-0.4, -0.2) is 22.5 Å². The Balaban J connectivity index is 1.56. The predicted octanol–water partition coefficient (Wildman–Crippen LogP) is 3.82. The van der Waals surface area contributed by atoms with E-state index in [1.165, 1.54) is 0 Å². The molecule has 25 heavy (non-hydrogen) atoms. The second kappa shape index (κ2) is 8.06. The first-order chi connectivity index (χ1) is 12.2. The highest BCUT2D eigenvalue weighted by atomic mass is 16.2. The standard InChI is InChI=1S/C20H20N4O/c1-15-13-18(4-5-19(15)17-7-10-21-11-8-17)24-20(25)23-12-6-16-3-2-9-22-14-16/h2-5,7-11,13-14H,6,12H2,1H3,(H2,23,24,25). The Morgan fingerprint density at radius 3 is 2.60 bits per heavy atom. The van der Waals surface area contributed by atoms with Crippen LogP contribution in [0.1, 0.15) is 11.1 Å². The van der Waals surface area contributed by atoms with Crippen LogP contribution >= 0.6 is 0 Å². The van der Waals surface area contributed by atoms with Gasteiger partial charge in [0.1, 0.15) is 0 Å². The molecular weight excluding hydrogens is 312 g/mol. The average molecular weight is 332 g/mol. The van der Waals surface area contributed by atoms with Crippen molar-refractivity contribution in [2.45, 2.75) is 13.3 Å². The van der Waals surface area contributed by atoms with E-state index >= 15 is 0 Å². The number of nitrogens with zero attached hydrogens (tertiary/aromatic N) is 2. The van der Waals surface area contributed by atoms with Gasteiger partial charge in [0.05, 0.1) is 0 Å². The van der Waals surface area contributed by atoms with Crippen LogP contribution in [0.15, 0.2) is 67.3 Å². The Morgan fingerprint density at radius 1 is 1.04 bits per heavy atom. The van der Waals surface area contributed by atoms with E-state index < -0.39 is 0 Å². The van der Waals surface area contributed by atoms with Crippen molar-refractivity contribution in [3.05, 3.63) is 78.4 Å². The van der Waals surface area contributed by atoms with Gasteiger partial charge in [-0.25, -0.2) is 4.79 Å². The van der Waals surface area contributed by atoms with Crippen LogP contribution in [0.5, 0.6) is 0 Å². The lowest BCUT2D eigenvalue weighted by Crippen LogP contribution is -2.30. The normalized spacial score (nSPS) is 10.3. The molecule has 5 nitrogen and oxygen atoms in total. The summed E-state index contributed by atoms with van der Waals surface area (Å²) in [5.41, 5.74) is 5.21. The highest BCUT2D eigenvalue weighted by Gasteiger charge is 2.05. The number of carbonyl (C=O) groups excluding carboxylic acids is 1. The summed E-state index contributed by atoms with van der Waals surface area (Å²) in [7, 11) is 0. The zero-order chi connectivity index (χ0) is 17.5. The Morgan fingerprint density at radius 2 is 1.88 bits per heavy atom. The number of pyridine rings is 2. The number of nitrogens with one attached hydrogen (secondary N) is 2. The lowest BCUT2D eigenvalue weighted by Gasteiger charge is -2.11. The van der Waals surface area contributed by atoms with E-state index in [4.69, 9.17) is 0 Å². The first kappa shape index (κ1) is 16.6. The lowest BCUT2D eigenvalue weighted by molar-refractivity contribution is 0.252. The van der Waals surface area contributed by atoms with Gasteiger partial charge in [0.2, 0.25) is 0 Å². The maximum atomic E-state index is 12.0. The molecule has 0 saturated carbocycles. The lowest BCUT2D eigenvalue weighted by atomic mass is 10.0. The number of aromatic nitrogens is 2. The van der Waals surface area contributed by atoms with Gasteiger partial charge in [-0.1, -0.05) is 12.1 Å². The Hall–Kier alpha value is -3.21. The second-order valence-corrected chi connectivity index (χ2v) is 5.76. The van der Waals surface area contributed by atoms with E-state index in [9.17, 15) is 4.79 Å². The molecule has 0 aliphatic carbocycles. The van der Waals surface area contributed by atoms with Crippen molar-refractivity contribution in [1.29, 1.82) is 0 Å². The molecule has 3 aromatic rings. The minimum Gasteiger partial charge on any atom is -0.338 e. The first-order valence-electron chi connectivity index (χ1n) is 8.17. The zero-order valence-corrected chi connectivity index (χ0v) is 14.1. The van der Waals surface area contributed by atoms with Crippen LogP contribution in [-0.2, 0) is 6.42 Å². The molecule has 0 atom stereocenters. The third kappa shape index (κ3) is 4.64. The summed E-state index contributed by atoms with van der Waals surface area (Å²) < 4.78 is 0. The van der Waals surface area contributed by atoms with Crippen LogP contribution in [0.4, 0.5) is 10.5 Å². The predicted molar refractivity (Wildman–Crippen MR) is 99.4 cm³/mol. The van der Waals surface area contributed by atoms with Gasteiger partial charge in [-0.2, -0.15) is 0 Å². The zero-order valence-electron chi connectivity index (χ0n) is 14.1. The molecule has 0 aliphatic heterocycles. The molecule has 1 aromatic carbocycles. The van der Waals surface area contributed by atoms with Crippen molar-refractivity contribution in [3.63, 3.8) is 0 Å². The van der Waals surface area contributed by atoms with E-state index in [0.29, 0.717) is 6.54 Å². The van der Waals surface area contributed by atoms with Gasteiger partial charge < -0.3 is 10.6 Å². The maximum absolute atomic E-state index is 12.0. The van der Waals surface area contributed by atoms with Gasteiger partial charge in [0.25, 0.3) is 0 Å². The molecule has 0 unspecified atom stereocenters. The summed E-state index contributed by atoms with van der Waals surface area (Å²) in [6, 6.07) is 13.5. The molecule has 0 aliphatic rings. The van der Waals surface area contributed by atoms with Crippen molar-refractivity contribution < 1.29 is 4.79 Å². The molecule has 5 heteroatoms. The second-order valence-electron chi connectivity index (χ2n) is 5.76. The highest BCUT2D eigenvalue weighted by Crippen LogP contribution is 2.25. The molecule has 2 aromatic heterocycles. The Bertz CT molecular complexity index is 835. The molecule has 3 rings (SSSR count). The first-order valence-corrected chi connectivity index (χ1v) is 8.17. The van der Waals surface area contributed by atoms with Crippen LogP contribution < -0.4 is 10.6 Å². The van der Waals surface area contributed by atoms with Crippen LogP contribution in [0.3, 0.4) is 0 Å². The molecule has 0 saturated heterocycles. The summed E-state index contributed by atoms with van der Waals surface area (Å²) in [6.07, 6.45) is 7.84. The molecule has 2 heterocycles. The fourth-order valence-corrected chi connectivity index (χ4v) is 2.64. The van der Waals surface area contributed by atoms with Crippen molar-refractivity contribution in [1.82, 2.24) is 15.3 Å². The molecule has 126 valence electrons. The minimum atomic E-state index is -0.208.